The Morgan fingerprint density at radius 2 is 2.25 bits per heavy atom. The van der Waals surface area contributed by atoms with Crippen molar-refractivity contribution in [2.75, 3.05) is 19.0 Å². The highest BCUT2D eigenvalue weighted by Gasteiger charge is 2.11. The Labute approximate surface area is 93.8 Å². The number of pyridine rings is 1. The molecule has 0 aliphatic carbocycles. The van der Waals surface area contributed by atoms with Gasteiger partial charge < -0.3 is 10.1 Å². The summed E-state index contributed by atoms with van der Waals surface area (Å²) in [6, 6.07) is 2.69. The summed E-state index contributed by atoms with van der Waals surface area (Å²) in [4.78, 5) is 14.3. The second-order valence-corrected chi connectivity index (χ2v) is 3.76. The highest BCUT2D eigenvalue weighted by molar-refractivity contribution is 5.47. The highest BCUT2D eigenvalue weighted by atomic mass is 16.6. The monoisotopic (exact) mass is 225 g/mol. The van der Waals surface area contributed by atoms with E-state index in [-0.39, 0.29) is 11.6 Å². The van der Waals surface area contributed by atoms with Crippen LogP contribution in [-0.4, -0.2) is 23.6 Å². The summed E-state index contributed by atoms with van der Waals surface area (Å²) in [5.74, 6) is 1.04. The summed E-state index contributed by atoms with van der Waals surface area (Å²) in [5.41, 5.74) is -0.0295. The molecule has 16 heavy (non-hydrogen) atoms. The van der Waals surface area contributed by atoms with Crippen LogP contribution in [0, 0.1) is 16.0 Å². The minimum absolute atomic E-state index is 0.0295. The summed E-state index contributed by atoms with van der Waals surface area (Å²) < 4.78 is 5.35. The van der Waals surface area contributed by atoms with E-state index in [4.69, 9.17) is 4.74 Å². The van der Waals surface area contributed by atoms with Crippen LogP contribution in [0.25, 0.3) is 0 Å². The van der Waals surface area contributed by atoms with Gasteiger partial charge in [0.2, 0.25) is 5.88 Å². The third-order valence-electron chi connectivity index (χ3n) is 1.82. The number of hydrogen-bond acceptors (Lipinski definition) is 5. The maximum atomic E-state index is 10.7. The Balaban J connectivity index is 2.90. The van der Waals surface area contributed by atoms with Gasteiger partial charge >= 0.3 is 0 Å². The molecular formula is C10H15N3O3. The van der Waals surface area contributed by atoms with Gasteiger partial charge in [0.25, 0.3) is 5.69 Å². The van der Waals surface area contributed by atoms with E-state index in [1.165, 1.54) is 12.1 Å². The predicted molar refractivity (Wildman–Crippen MR) is 60.8 cm³/mol. The first kappa shape index (κ1) is 12.2. The first-order valence-corrected chi connectivity index (χ1v) is 5.00. The summed E-state index contributed by atoms with van der Waals surface area (Å²) >= 11 is 0. The number of rotatable bonds is 5. The molecule has 6 heteroatoms. The second-order valence-electron chi connectivity index (χ2n) is 3.76. The standard InChI is InChI=1S/C10H15N3O3/c1-7(2)6-16-10-5-8(13(14)15)4-9(11-3)12-10/h4-5,7H,6H2,1-3H3,(H,11,12). The molecule has 6 nitrogen and oxygen atoms in total. The molecule has 1 N–H and O–H groups in total. The third-order valence-corrected chi connectivity index (χ3v) is 1.82. The van der Waals surface area contributed by atoms with Crippen LogP contribution in [0.15, 0.2) is 12.1 Å². The first-order valence-electron chi connectivity index (χ1n) is 5.00. The van der Waals surface area contributed by atoms with E-state index in [2.05, 4.69) is 10.3 Å². The average molecular weight is 225 g/mol. The van der Waals surface area contributed by atoms with Gasteiger partial charge in [-0.25, -0.2) is 0 Å². The topological polar surface area (TPSA) is 77.3 Å². The van der Waals surface area contributed by atoms with Gasteiger partial charge in [0.1, 0.15) is 5.82 Å². The molecular weight excluding hydrogens is 210 g/mol. The van der Waals surface area contributed by atoms with Crippen molar-refractivity contribution in [1.82, 2.24) is 4.98 Å². The fourth-order valence-corrected chi connectivity index (χ4v) is 1.05. The van der Waals surface area contributed by atoms with Crippen molar-refractivity contribution in [2.24, 2.45) is 5.92 Å². The predicted octanol–water partition coefficient (Wildman–Crippen LogP) is 2.07. The van der Waals surface area contributed by atoms with Gasteiger partial charge in [0.05, 0.1) is 23.7 Å². The van der Waals surface area contributed by atoms with E-state index in [0.29, 0.717) is 18.3 Å². The molecule has 0 saturated carbocycles. The fourth-order valence-electron chi connectivity index (χ4n) is 1.05. The van der Waals surface area contributed by atoms with Gasteiger partial charge in [-0.1, -0.05) is 13.8 Å². The van der Waals surface area contributed by atoms with Crippen molar-refractivity contribution in [1.29, 1.82) is 0 Å². The minimum Gasteiger partial charge on any atom is -0.477 e. The van der Waals surface area contributed by atoms with Gasteiger partial charge in [0.15, 0.2) is 0 Å². The van der Waals surface area contributed by atoms with Crippen LogP contribution in [0.5, 0.6) is 5.88 Å². The van der Waals surface area contributed by atoms with Gasteiger partial charge in [-0.3, -0.25) is 10.1 Å². The van der Waals surface area contributed by atoms with Gasteiger partial charge in [-0.15, -0.1) is 0 Å². The molecule has 1 heterocycles. The number of aromatic nitrogens is 1. The Bertz CT molecular complexity index is 380. The summed E-state index contributed by atoms with van der Waals surface area (Å²) in [5, 5.41) is 13.4. The number of hydrogen-bond donors (Lipinski definition) is 1. The third kappa shape index (κ3) is 3.38. The lowest BCUT2D eigenvalue weighted by atomic mass is 10.2. The lowest BCUT2D eigenvalue weighted by Gasteiger charge is -2.08. The van der Waals surface area contributed by atoms with E-state index < -0.39 is 4.92 Å². The van der Waals surface area contributed by atoms with Gasteiger partial charge in [-0.2, -0.15) is 4.98 Å². The zero-order valence-corrected chi connectivity index (χ0v) is 9.56. The van der Waals surface area contributed by atoms with E-state index >= 15 is 0 Å². The zero-order chi connectivity index (χ0) is 12.1. The highest BCUT2D eigenvalue weighted by Crippen LogP contribution is 2.22. The maximum absolute atomic E-state index is 10.7. The lowest BCUT2D eigenvalue weighted by molar-refractivity contribution is -0.384. The average Bonchev–Trinajstić information content (AvgIpc) is 2.25. The number of nitro groups is 1. The van der Waals surface area contributed by atoms with E-state index in [1.807, 2.05) is 13.8 Å². The normalized spacial score (nSPS) is 10.2. The molecule has 0 aliphatic rings. The van der Waals surface area contributed by atoms with Crippen molar-refractivity contribution >= 4 is 11.5 Å². The molecule has 1 rings (SSSR count). The van der Waals surface area contributed by atoms with E-state index in [9.17, 15) is 10.1 Å². The molecule has 0 fully saturated rings. The Kier molecular flexibility index (Phi) is 4.04. The molecule has 0 atom stereocenters. The smallest absolute Gasteiger partial charge is 0.278 e. The minimum atomic E-state index is -0.468. The van der Waals surface area contributed by atoms with Crippen LogP contribution in [0.1, 0.15) is 13.8 Å². The van der Waals surface area contributed by atoms with Gasteiger partial charge in [0, 0.05) is 7.05 Å². The second kappa shape index (κ2) is 5.29. The lowest BCUT2D eigenvalue weighted by Crippen LogP contribution is -2.07. The van der Waals surface area contributed by atoms with Crippen LogP contribution in [0.3, 0.4) is 0 Å². The molecule has 0 bridgehead atoms. The maximum Gasteiger partial charge on any atom is 0.278 e. The molecule has 88 valence electrons. The number of ether oxygens (including phenoxy) is 1. The van der Waals surface area contributed by atoms with Crippen molar-refractivity contribution in [3.05, 3.63) is 22.2 Å². The molecule has 0 saturated heterocycles. The quantitative estimate of drug-likeness (QED) is 0.613. The van der Waals surface area contributed by atoms with Crippen LogP contribution in [0.4, 0.5) is 11.5 Å². The van der Waals surface area contributed by atoms with E-state index in [0.717, 1.165) is 0 Å². The van der Waals surface area contributed by atoms with Crippen LogP contribution >= 0.6 is 0 Å². The largest absolute Gasteiger partial charge is 0.477 e. The summed E-state index contributed by atoms with van der Waals surface area (Å²) in [6.07, 6.45) is 0. The first-order chi connectivity index (χ1) is 7.52. The zero-order valence-electron chi connectivity index (χ0n) is 9.56. The van der Waals surface area contributed by atoms with E-state index in [1.54, 1.807) is 7.05 Å². The molecule has 0 spiro atoms. The van der Waals surface area contributed by atoms with Crippen molar-refractivity contribution in [3.63, 3.8) is 0 Å². The van der Waals surface area contributed by atoms with Gasteiger partial charge in [-0.05, 0) is 5.92 Å². The molecule has 1 aromatic rings. The van der Waals surface area contributed by atoms with Crippen LogP contribution < -0.4 is 10.1 Å². The Hall–Kier alpha value is -1.85. The summed E-state index contributed by atoms with van der Waals surface area (Å²) in [7, 11) is 1.65. The molecule has 0 aliphatic heterocycles. The van der Waals surface area contributed by atoms with Crippen molar-refractivity contribution in [2.45, 2.75) is 13.8 Å². The molecule has 0 amide bonds. The van der Waals surface area contributed by atoms with Crippen molar-refractivity contribution in [3.8, 4) is 5.88 Å². The summed E-state index contributed by atoms with van der Waals surface area (Å²) in [6.45, 7) is 4.48. The Morgan fingerprint density at radius 3 is 2.75 bits per heavy atom. The molecule has 0 radical (unpaired) electrons. The molecule has 0 unspecified atom stereocenters. The SMILES string of the molecule is CNc1cc([N+](=O)[O-])cc(OCC(C)C)n1. The van der Waals surface area contributed by atoms with Crippen LogP contribution in [-0.2, 0) is 0 Å². The molecule has 0 aromatic carbocycles. The fraction of sp³-hybridized carbons (Fsp3) is 0.500. The van der Waals surface area contributed by atoms with Crippen LogP contribution in [0.2, 0.25) is 0 Å². The number of nitrogens with zero attached hydrogens (tertiary/aromatic N) is 2. The molecule has 1 aromatic heterocycles. The van der Waals surface area contributed by atoms with Crippen molar-refractivity contribution < 1.29 is 9.66 Å². The Morgan fingerprint density at radius 1 is 1.56 bits per heavy atom. The number of nitrogens with one attached hydrogen (secondary N) is 1. The number of anilines is 1.